The summed E-state index contributed by atoms with van der Waals surface area (Å²) >= 11 is 0. The van der Waals surface area contributed by atoms with E-state index in [1.165, 1.54) is 42.7 Å². The van der Waals surface area contributed by atoms with Crippen molar-refractivity contribution < 1.29 is 28.5 Å². The van der Waals surface area contributed by atoms with E-state index in [0.29, 0.717) is 23.6 Å². The lowest BCUT2D eigenvalue weighted by molar-refractivity contribution is -0.384. The summed E-state index contributed by atoms with van der Waals surface area (Å²) in [5, 5.41) is 19.3. The number of non-ortho nitro benzene ring substituents is 1. The van der Waals surface area contributed by atoms with Gasteiger partial charge in [-0.2, -0.15) is 0 Å². The van der Waals surface area contributed by atoms with Crippen molar-refractivity contribution in [2.75, 3.05) is 23.8 Å². The van der Waals surface area contributed by atoms with Crippen LogP contribution in [0.1, 0.15) is 33.4 Å². The molecule has 11 heteroatoms. The molecule has 0 unspecified atom stereocenters. The van der Waals surface area contributed by atoms with E-state index in [-0.39, 0.29) is 30.1 Å². The summed E-state index contributed by atoms with van der Waals surface area (Å²) in [5.74, 6) is -0.971. The molecule has 1 aromatic heterocycles. The van der Waals surface area contributed by atoms with Crippen molar-refractivity contribution in [1.82, 2.24) is 5.32 Å². The van der Waals surface area contributed by atoms with Gasteiger partial charge in [0.25, 0.3) is 11.6 Å². The maximum atomic E-state index is 12.9. The molecule has 0 atom stereocenters. The third-order valence-electron chi connectivity index (χ3n) is 4.55. The number of hydrogen-bond acceptors (Lipinski definition) is 8. The van der Waals surface area contributed by atoms with Crippen molar-refractivity contribution in [1.29, 1.82) is 0 Å². The highest BCUT2D eigenvalue weighted by Gasteiger charge is 2.19. The summed E-state index contributed by atoms with van der Waals surface area (Å²) in [7, 11) is 0. The molecular formula is C23H22N4O7. The summed E-state index contributed by atoms with van der Waals surface area (Å²) in [6.45, 7) is 2.18. The van der Waals surface area contributed by atoms with Crippen LogP contribution in [0.3, 0.4) is 0 Å². The molecule has 3 N–H and O–H groups in total. The van der Waals surface area contributed by atoms with Crippen molar-refractivity contribution in [3.63, 3.8) is 0 Å². The fourth-order valence-corrected chi connectivity index (χ4v) is 2.95. The lowest BCUT2D eigenvalue weighted by atomic mass is 10.1. The van der Waals surface area contributed by atoms with Crippen molar-refractivity contribution in [2.45, 2.75) is 13.5 Å². The summed E-state index contributed by atoms with van der Waals surface area (Å²) in [4.78, 5) is 47.5. The molecular weight excluding hydrogens is 444 g/mol. The standard InChI is InChI=1S/C23H22N4O7/c1-2-33-23(30)15-5-7-16(8-6-15)25-22(29)19-12-17(27(31)32)9-10-20(19)26-21(28)14-24-13-18-4-3-11-34-18/h3-12,24H,2,13-14H2,1H3,(H,25,29)(H,26,28). The van der Waals surface area contributed by atoms with Gasteiger partial charge in [-0.3, -0.25) is 19.7 Å². The Balaban J connectivity index is 1.71. The molecule has 11 nitrogen and oxygen atoms in total. The number of rotatable bonds is 10. The minimum Gasteiger partial charge on any atom is -0.468 e. The number of nitro benzene ring substituents is 1. The van der Waals surface area contributed by atoms with E-state index in [4.69, 9.17) is 9.15 Å². The highest BCUT2D eigenvalue weighted by atomic mass is 16.6. The van der Waals surface area contributed by atoms with Gasteiger partial charge >= 0.3 is 5.97 Å². The van der Waals surface area contributed by atoms with Crippen molar-refractivity contribution in [3.8, 4) is 0 Å². The number of amides is 2. The van der Waals surface area contributed by atoms with Crippen molar-refractivity contribution in [2.24, 2.45) is 0 Å². The number of nitrogens with one attached hydrogen (secondary N) is 3. The number of hydrogen-bond donors (Lipinski definition) is 3. The van der Waals surface area contributed by atoms with Crippen LogP contribution in [-0.4, -0.2) is 35.9 Å². The quantitative estimate of drug-likeness (QED) is 0.234. The van der Waals surface area contributed by atoms with Gasteiger partial charge in [0.15, 0.2) is 0 Å². The molecule has 34 heavy (non-hydrogen) atoms. The molecule has 0 bridgehead atoms. The zero-order valence-corrected chi connectivity index (χ0v) is 18.2. The van der Waals surface area contributed by atoms with Gasteiger partial charge in [-0.05, 0) is 49.4 Å². The smallest absolute Gasteiger partial charge is 0.338 e. The van der Waals surface area contributed by atoms with E-state index in [2.05, 4.69) is 16.0 Å². The first-order chi connectivity index (χ1) is 16.4. The Morgan fingerprint density at radius 1 is 1.06 bits per heavy atom. The summed E-state index contributed by atoms with van der Waals surface area (Å²) < 4.78 is 10.1. The van der Waals surface area contributed by atoms with Gasteiger partial charge in [0.1, 0.15) is 5.76 Å². The van der Waals surface area contributed by atoms with Crippen LogP contribution in [0.5, 0.6) is 0 Å². The fraction of sp³-hybridized carbons (Fsp3) is 0.174. The molecule has 2 amide bonds. The Kier molecular flexibility index (Phi) is 8.08. The van der Waals surface area contributed by atoms with Crippen LogP contribution in [0.2, 0.25) is 0 Å². The predicted octanol–water partition coefficient (Wildman–Crippen LogP) is 3.35. The van der Waals surface area contributed by atoms with Crippen molar-refractivity contribution >= 4 is 34.8 Å². The van der Waals surface area contributed by atoms with Crippen LogP contribution in [0, 0.1) is 10.1 Å². The number of anilines is 2. The lowest BCUT2D eigenvalue weighted by Gasteiger charge is -2.12. The maximum absolute atomic E-state index is 12.9. The fourth-order valence-electron chi connectivity index (χ4n) is 2.95. The van der Waals surface area contributed by atoms with Crippen LogP contribution in [-0.2, 0) is 16.1 Å². The second-order valence-corrected chi connectivity index (χ2v) is 6.97. The molecule has 0 aliphatic rings. The summed E-state index contributed by atoms with van der Waals surface area (Å²) in [6.07, 6.45) is 1.52. The van der Waals surface area contributed by atoms with Crippen LogP contribution >= 0.6 is 0 Å². The van der Waals surface area contributed by atoms with E-state index in [1.807, 2.05) is 0 Å². The molecule has 0 aliphatic heterocycles. The number of esters is 1. The molecule has 0 saturated carbocycles. The summed E-state index contributed by atoms with van der Waals surface area (Å²) in [6, 6.07) is 13.0. The normalized spacial score (nSPS) is 10.4. The van der Waals surface area contributed by atoms with Crippen LogP contribution in [0.25, 0.3) is 0 Å². The van der Waals surface area contributed by atoms with Crippen molar-refractivity contribution in [3.05, 3.63) is 87.9 Å². The second kappa shape index (κ2) is 11.4. The molecule has 176 valence electrons. The molecule has 3 aromatic rings. The molecule has 0 fully saturated rings. The Morgan fingerprint density at radius 2 is 1.82 bits per heavy atom. The van der Waals surface area contributed by atoms with Gasteiger partial charge in [0.05, 0.1) is 47.7 Å². The third-order valence-corrected chi connectivity index (χ3v) is 4.55. The molecule has 2 aromatic carbocycles. The molecule has 0 saturated heterocycles. The summed E-state index contributed by atoms with van der Waals surface area (Å²) in [5.41, 5.74) is 0.364. The van der Waals surface area contributed by atoms with E-state index in [1.54, 1.807) is 19.1 Å². The minimum atomic E-state index is -0.675. The number of nitrogens with zero attached hydrogens (tertiary/aromatic N) is 1. The van der Waals surface area contributed by atoms with E-state index < -0.39 is 22.7 Å². The van der Waals surface area contributed by atoms with E-state index in [9.17, 15) is 24.5 Å². The average molecular weight is 466 g/mol. The molecule has 0 radical (unpaired) electrons. The number of benzene rings is 2. The van der Waals surface area contributed by atoms with Gasteiger partial charge < -0.3 is 25.1 Å². The Morgan fingerprint density at radius 3 is 2.47 bits per heavy atom. The Hall–Kier alpha value is -4.51. The number of furan rings is 1. The average Bonchev–Trinajstić information content (AvgIpc) is 3.33. The van der Waals surface area contributed by atoms with Crippen LogP contribution in [0.15, 0.2) is 65.3 Å². The predicted molar refractivity (Wildman–Crippen MR) is 122 cm³/mol. The minimum absolute atomic E-state index is 0.0753. The van der Waals surface area contributed by atoms with E-state index >= 15 is 0 Å². The first-order valence-electron chi connectivity index (χ1n) is 10.3. The second-order valence-electron chi connectivity index (χ2n) is 6.97. The number of carbonyl (C=O) groups is 3. The zero-order valence-electron chi connectivity index (χ0n) is 18.2. The topological polar surface area (TPSA) is 153 Å². The molecule has 0 spiro atoms. The zero-order chi connectivity index (χ0) is 24.5. The number of nitro groups is 1. The van der Waals surface area contributed by atoms with Gasteiger partial charge in [0, 0.05) is 17.8 Å². The maximum Gasteiger partial charge on any atom is 0.338 e. The first-order valence-corrected chi connectivity index (χ1v) is 10.3. The molecule has 3 rings (SSSR count). The monoisotopic (exact) mass is 466 g/mol. The van der Waals surface area contributed by atoms with Gasteiger partial charge in [-0.25, -0.2) is 4.79 Å². The van der Waals surface area contributed by atoms with E-state index in [0.717, 1.165) is 6.07 Å². The van der Waals surface area contributed by atoms with Gasteiger partial charge in [-0.1, -0.05) is 0 Å². The van der Waals surface area contributed by atoms with Crippen LogP contribution < -0.4 is 16.0 Å². The number of carbonyl (C=O) groups excluding carboxylic acids is 3. The molecule has 1 heterocycles. The highest BCUT2D eigenvalue weighted by molar-refractivity contribution is 6.10. The third kappa shape index (κ3) is 6.50. The lowest BCUT2D eigenvalue weighted by Crippen LogP contribution is -2.28. The highest BCUT2D eigenvalue weighted by Crippen LogP contribution is 2.24. The van der Waals surface area contributed by atoms with Crippen LogP contribution in [0.4, 0.5) is 17.1 Å². The Labute approximate surface area is 194 Å². The molecule has 0 aliphatic carbocycles. The Bertz CT molecular complexity index is 1170. The SMILES string of the molecule is CCOC(=O)c1ccc(NC(=O)c2cc([N+](=O)[O-])ccc2NC(=O)CNCc2ccco2)cc1. The largest absolute Gasteiger partial charge is 0.468 e. The first kappa shape index (κ1) is 24.1. The van der Waals surface area contributed by atoms with Gasteiger partial charge in [-0.15, -0.1) is 0 Å². The number of ether oxygens (including phenoxy) is 1. The van der Waals surface area contributed by atoms with Gasteiger partial charge in [0.2, 0.25) is 5.91 Å².